The summed E-state index contributed by atoms with van der Waals surface area (Å²) in [4.78, 5) is 81.5. The van der Waals surface area contributed by atoms with Crippen molar-refractivity contribution in [3.05, 3.63) is 46.1 Å². The van der Waals surface area contributed by atoms with E-state index in [1.165, 1.54) is 0 Å². The van der Waals surface area contributed by atoms with Crippen LogP contribution < -0.4 is 9.47 Å². The third-order valence-corrected chi connectivity index (χ3v) is 14.7. The average molecular weight is 882 g/mol. The lowest BCUT2D eigenvalue weighted by Crippen LogP contribution is -2.33. The molecular formula is C46H59NO12S2. The highest BCUT2D eigenvalue weighted by atomic mass is 32.2. The zero-order valence-electron chi connectivity index (χ0n) is 35.7. The summed E-state index contributed by atoms with van der Waals surface area (Å²) in [5.74, 6) is -2.55. The molecule has 2 atom stereocenters. The van der Waals surface area contributed by atoms with Gasteiger partial charge in [0.2, 0.25) is 0 Å². The third kappa shape index (κ3) is 13.6. The van der Waals surface area contributed by atoms with Gasteiger partial charge in [0.25, 0.3) is 5.70 Å². The number of hydrogen-bond acceptors (Lipinski definition) is 14. The lowest BCUT2D eigenvalue weighted by atomic mass is 9.82. The lowest BCUT2D eigenvalue weighted by Gasteiger charge is -2.30. The van der Waals surface area contributed by atoms with E-state index in [-0.39, 0.29) is 90.6 Å². The highest BCUT2D eigenvalue weighted by Gasteiger charge is 2.37. The molecule has 3 aliphatic carbocycles. The number of hydrogen-bond donors (Lipinski definition) is 0. The molecule has 0 amide bonds. The largest absolute Gasteiger partial charge is 0.470 e. The van der Waals surface area contributed by atoms with Crippen LogP contribution in [0.2, 0.25) is 0 Å². The van der Waals surface area contributed by atoms with E-state index >= 15 is 0 Å². The molecule has 332 valence electrons. The van der Waals surface area contributed by atoms with E-state index in [0.29, 0.717) is 77.7 Å². The highest BCUT2D eigenvalue weighted by Crippen LogP contribution is 2.59. The average Bonchev–Trinajstić information content (AvgIpc) is 3.72. The fourth-order valence-electron chi connectivity index (χ4n) is 7.73. The number of fused-ring (bicyclic) bond motifs is 1. The minimum absolute atomic E-state index is 0.0243. The summed E-state index contributed by atoms with van der Waals surface area (Å²) in [5, 5.41) is 0. The summed E-state index contributed by atoms with van der Waals surface area (Å²) in [7, 11) is 0. The number of carbonyl (C=O) groups is 6. The van der Waals surface area contributed by atoms with E-state index < -0.39 is 23.8 Å². The highest BCUT2D eigenvalue weighted by molar-refractivity contribution is 8.24. The zero-order chi connectivity index (χ0) is 44.1. The van der Waals surface area contributed by atoms with Crippen LogP contribution in [0, 0.1) is 48.0 Å². The van der Waals surface area contributed by atoms with Crippen molar-refractivity contribution in [2.45, 2.75) is 133 Å². The number of benzene rings is 1. The van der Waals surface area contributed by atoms with Crippen LogP contribution in [0.15, 0.2) is 44.5 Å². The molecule has 0 saturated heterocycles. The maximum absolute atomic E-state index is 13.6. The Morgan fingerprint density at radius 2 is 1.21 bits per heavy atom. The van der Waals surface area contributed by atoms with Gasteiger partial charge in [0, 0.05) is 6.08 Å². The summed E-state index contributed by atoms with van der Waals surface area (Å²) in [6.45, 7) is 19.8. The van der Waals surface area contributed by atoms with Gasteiger partial charge in [-0.2, -0.15) is 0 Å². The molecule has 0 bridgehead atoms. The Kier molecular flexibility index (Phi) is 18.2. The van der Waals surface area contributed by atoms with Gasteiger partial charge in [0.15, 0.2) is 0 Å². The first-order valence-corrected chi connectivity index (χ1v) is 23.3. The van der Waals surface area contributed by atoms with Gasteiger partial charge in [0.05, 0.1) is 64.1 Å². The Morgan fingerprint density at radius 3 is 1.74 bits per heavy atom. The Morgan fingerprint density at radius 1 is 0.721 bits per heavy atom. The van der Waals surface area contributed by atoms with E-state index in [0.717, 1.165) is 61.7 Å². The second-order valence-corrected chi connectivity index (χ2v) is 19.2. The molecule has 1 aromatic rings. The van der Waals surface area contributed by atoms with Gasteiger partial charge in [-0.3, -0.25) is 24.0 Å². The van der Waals surface area contributed by atoms with Gasteiger partial charge in [-0.25, -0.2) is 9.64 Å². The van der Waals surface area contributed by atoms with Gasteiger partial charge in [-0.15, -0.1) is 0 Å². The summed E-state index contributed by atoms with van der Waals surface area (Å²) in [6.07, 6.45) is 9.57. The molecular weight excluding hydrogens is 823 g/mol. The molecule has 0 aromatic heterocycles. The van der Waals surface area contributed by atoms with E-state index in [2.05, 4.69) is 18.3 Å². The monoisotopic (exact) mass is 881 g/mol. The van der Waals surface area contributed by atoms with Gasteiger partial charge in [0.1, 0.15) is 17.6 Å². The van der Waals surface area contributed by atoms with Crippen molar-refractivity contribution in [1.82, 2.24) is 0 Å². The molecule has 3 fully saturated rings. The predicted molar refractivity (Wildman–Crippen MR) is 228 cm³/mol. The minimum Gasteiger partial charge on any atom is -0.470 e. The molecule has 1 heterocycles. The third-order valence-electron chi connectivity index (χ3n) is 12.1. The van der Waals surface area contributed by atoms with Crippen molar-refractivity contribution < 1.29 is 57.2 Å². The summed E-state index contributed by atoms with van der Waals surface area (Å²) >= 11 is 2.25. The first-order valence-electron chi connectivity index (χ1n) is 21.7. The molecule has 0 N–H and O–H groups in total. The van der Waals surface area contributed by atoms with Gasteiger partial charge in [-0.05, 0) is 113 Å². The van der Waals surface area contributed by atoms with Gasteiger partial charge in [-0.1, -0.05) is 64.2 Å². The first kappa shape index (κ1) is 47.8. The van der Waals surface area contributed by atoms with Crippen LogP contribution in [0.5, 0.6) is 11.5 Å². The molecule has 1 aliphatic heterocycles. The molecule has 4 aliphatic rings. The van der Waals surface area contributed by atoms with Crippen molar-refractivity contribution >= 4 is 59.3 Å². The van der Waals surface area contributed by atoms with Crippen molar-refractivity contribution in [3.8, 4) is 11.5 Å². The Balaban J connectivity index is 1.13. The smallest absolute Gasteiger partial charge is 0.338 e. The lowest BCUT2D eigenvalue weighted by molar-refractivity contribution is -0.161. The molecule has 15 heteroatoms. The van der Waals surface area contributed by atoms with Crippen molar-refractivity contribution in [2.24, 2.45) is 41.4 Å². The fraction of sp³-hybridized carbons (Fsp3) is 0.630. The Hall–Kier alpha value is -4.29. The van der Waals surface area contributed by atoms with Crippen molar-refractivity contribution in [3.63, 3.8) is 0 Å². The molecule has 0 spiro atoms. The number of rotatable bonds is 17. The number of thioether (sulfide) groups is 2. The maximum atomic E-state index is 13.6. The Labute approximate surface area is 367 Å². The van der Waals surface area contributed by atoms with Gasteiger partial charge < -0.3 is 28.4 Å². The SMILES string of the molecule is [C-]#[N+]C(C(=O)OC[C@H](C)CC)=C1Sc2c(OC(=O)C3CCC(C)CC3)ccc(OC(=O)C3CCC(OC(=O)C4CCC(C(=O)OC[C@@H](C)CCOC(=O)C=C)CC4)CC3)c2S1. The first-order chi connectivity index (χ1) is 29.3. The summed E-state index contributed by atoms with van der Waals surface area (Å²) < 4.78 is 34.2. The van der Waals surface area contributed by atoms with Crippen LogP contribution >= 0.6 is 23.5 Å². The Bertz CT molecular complexity index is 1850. The van der Waals surface area contributed by atoms with Crippen LogP contribution in [0.4, 0.5) is 0 Å². The molecule has 0 unspecified atom stereocenters. The number of nitrogens with zero attached hydrogens (tertiary/aromatic N) is 1. The molecule has 5 rings (SSSR count). The fourth-order valence-corrected chi connectivity index (χ4v) is 10.3. The molecule has 61 heavy (non-hydrogen) atoms. The molecule has 13 nitrogen and oxygen atoms in total. The van der Waals surface area contributed by atoms with Gasteiger partial charge >= 0.3 is 35.8 Å². The number of esters is 6. The van der Waals surface area contributed by atoms with Crippen LogP contribution in [-0.2, 0) is 47.7 Å². The van der Waals surface area contributed by atoms with E-state index in [4.69, 9.17) is 35.0 Å². The van der Waals surface area contributed by atoms with Crippen LogP contribution in [0.1, 0.15) is 118 Å². The van der Waals surface area contributed by atoms with E-state index in [1.54, 1.807) is 12.1 Å². The molecule has 3 saturated carbocycles. The van der Waals surface area contributed by atoms with E-state index in [1.807, 2.05) is 20.8 Å². The number of ether oxygens (including phenoxy) is 6. The van der Waals surface area contributed by atoms with Crippen LogP contribution in [-0.4, -0.2) is 61.7 Å². The standard InChI is InChI=1S/C46H59NO12S2/c1-7-27(3)25-56-45(53)38(47-6)46-60-39-35(58-43(51)31-11-9-28(4)10-12-31)21-22-36(40(39)61-46)59-44(52)33-17-19-34(20-18-33)57-42(50)32-15-13-30(14-16-32)41(49)55-26-29(5)23-24-54-37(48)8-2/h8,21-22,27-34H,2,7,9-20,23-26H2,1,3-5H3/t27-,28?,29+,30?,31?,32?,33?,34?/m1/s1. The quantitative estimate of drug-likeness (QED) is 0.0478. The van der Waals surface area contributed by atoms with Crippen molar-refractivity contribution in [1.29, 1.82) is 0 Å². The van der Waals surface area contributed by atoms with E-state index in [9.17, 15) is 28.8 Å². The number of carbonyl (C=O) groups excluding carboxylic acids is 6. The minimum atomic E-state index is -0.735. The molecule has 0 radical (unpaired) electrons. The van der Waals surface area contributed by atoms with Crippen molar-refractivity contribution in [2.75, 3.05) is 19.8 Å². The topological polar surface area (TPSA) is 162 Å². The summed E-state index contributed by atoms with van der Waals surface area (Å²) in [6, 6.07) is 3.19. The normalized spacial score (nSPS) is 25.3. The zero-order valence-corrected chi connectivity index (χ0v) is 37.4. The van der Waals surface area contributed by atoms with Crippen LogP contribution in [0.3, 0.4) is 0 Å². The summed E-state index contributed by atoms with van der Waals surface area (Å²) in [5.41, 5.74) is -0.183. The second kappa shape index (κ2) is 23.2. The second-order valence-electron chi connectivity index (χ2n) is 16.9. The predicted octanol–water partition coefficient (Wildman–Crippen LogP) is 9.41. The van der Waals surface area contributed by atoms with Crippen LogP contribution in [0.25, 0.3) is 4.85 Å². The maximum Gasteiger partial charge on any atom is 0.338 e. The molecule has 1 aromatic carbocycles.